The molecule has 3 atom stereocenters. The summed E-state index contributed by atoms with van der Waals surface area (Å²) in [6.45, 7) is 1.76. The number of hydrogen-bond acceptors (Lipinski definition) is 4. The molecule has 1 saturated carbocycles. The molecular weight excluding hydrogens is 370 g/mol. The molecule has 29 heavy (non-hydrogen) atoms. The van der Waals surface area contributed by atoms with E-state index in [1.54, 1.807) is 18.2 Å². The topological polar surface area (TPSA) is 79.9 Å². The molecule has 0 unspecified atom stereocenters. The number of amides is 3. The molecule has 2 heterocycles. The van der Waals surface area contributed by atoms with Crippen molar-refractivity contribution in [2.24, 2.45) is 5.92 Å². The summed E-state index contributed by atoms with van der Waals surface area (Å²) in [7, 11) is 0. The van der Waals surface area contributed by atoms with Crippen LogP contribution in [-0.2, 0) is 0 Å². The summed E-state index contributed by atoms with van der Waals surface area (Å²) in [6, 6.07) is 14.4. The molecule has 2 aliphatic heterocycles. The van der Waals surface area contributed by atoms with Gasteiger partial charge in [0, 0.05) is 29.9 Å². The zero-order valence-corrected chi connectivity index (χ0v) is 16.0. The lowest BCUT2D eigenvalue weighted by molar-refractivity contribution is 0.0906. The quantitative estimate of drug-likeness (QED) is 0.840. The van der Waals surface area contributed by atoms with Crippen molar-refractivity contribution < 1.29 is 19.1 Å². The maximum Gasteiger partial charge on any atom is 0.322 e. The predicted octanol–water partition coefficient (Wildman–Crippen LogP) is 2.88. The molecule has 0 radical (unpaired) electrons. The number of likely N-dealkylation sites (tertiary alicyclic amines) is 1. The van der Waals surface area contributed by atoms with Crippen molar-refractivity contribution >= 4 is 17.6 Å². The van der Waals surface area contributed by atoms with Gasteiger partial charge in [0.2, 0.25) is 0 Å². The predicted molar refractivity (Wildman–Crippen MR) is 107 cm³/mol. The second-order valence-corrected chi connectivity index (χ2v) is 7.79. The van der Waals surface area contributed by atoms with Crippen LogP contribution in [0.5, 0.6) is 11.5 Å². The molecular formula is C22H23N3O4. The fraction of sp³-hybridized carbons (Fsp3) is 0.364. The minimum atomic E-state index is -0.146. The van der Waals surface area contributed by atoms with E-state index in [4.69, 9.17) is 9.47 Å². The number of nitrogens with zero attached hydrogens (tertiary/aromatic N) is 1. The summed E-state index contributed by atoms with van der Waals surface area (Å²) in [5.41, 5.74) is 1.31. The molecule has 2 fully saturated rings. The highest BCUT2D eigenvalue weighted by molar-refractivity contribution is 5.94. The highest BCUT2D eigenvalue weighted by atomic mass is 16.6. The number of nitrogens with one attached hydrogen (secondary N) is 2. The smallest absolute Gasteiger partial charge is 0.322 e. The first kappa shape index (κ1) is 17.8. The number of carbonyl (C=O) groups excluding carboxylic acids is 2. The van der Waals surface area contributed by atoms with Crippen molar-refractivity contribution in [2.75, 3.05) is 25.1 Å². The normalized spacial score (nSPS) is 24.3. The molecule has 7 nitrogen and oxygen atoms in total. The van der Waals surface area contributed by atoms with Crippen LogP contribution in [0.25, 0.3) is 0 Å². The van der Waals surface area contributed by atoms with Gasteiger partial charge in [0.25, 0.3) is 5.91 Å². The molecule has 150 valence electrons. The Morgan fingerprint density at radius 3 is 2.55 bits per heavy atom. The first-order valence-electron chi connectivity index (χ1n) is 10.0. The molecule has 2 bridgehead atoms. The summed E-state index contributed by atoms with van der Waals surface area (Å²) < 4.78 is 11.1. The van der Waals surface area contributed by atoms with Gasteiger partial charge in [-0.2, -0.15) is 0 Å². The van der Waals surface area contributed by atoms with Crippen molar-refractivity contribution in [3.63, 3.8) is 0 Å². The summed E-state index contributed by atoms with van der Waals surface area (Å²) in [6.07, 6.45) is 1.84. The van der Waals surface area contributed by atoms with Crippen LogP contribution in [0.1, 0.15) is 23.2 Å². The fourth-order valence-electron chi connectivity index (χ4n) is 4.57. The van der Waals surface area contributed by atoms with E-state index in [2.05, 4.69) is 10.6 Å². The minimum absolute atomic E-state index is 0.0184. The number of carbonyl (C=O) groups is 2. The van der Waals surface area contributed by atoms with Gasteiger partial charge in [0.1, 0.15) is 13.2 Å². The van der Waals surface area contributed by atoms with Gasteiger partial charge in [0.05, 0.1) is 6.04 Å². The standard InChI is InChI=1S/C22H23N3O4/c26-21(15-4-2-1-3-5-15)24-17-10-14-11-18(17)25(13-14)22(27)23-16-6-7-19-20(12-16)29-9-8-28-19/h1-7,12,14,17-18H,8-11,13H2,(H,23,27)(H,24,26)/t14-,17+,18-/m1/s1. The summed E-state index contributed by atoms with van der Waals surface area (Å²) in [5, 5.41) is 6.08. The Morgan fingerprint density at radius 1 is 0.966 bits per heavy atom. The average Bonchev–Trinajstić information content (AvgIpc) is 3.35. The highest BCUT2D eigenvalue weighted by Gasteiger charge is 2.47. The molecule has 3 aliphatic rings. The van der Waals surface area contributed by atoms with Gasteiger partial charge in [-0.15, -0.1) is 0 Å². The van der Waals surface area contributed by atoms with Crippen LogP contribution in [0.15, 0.2) is 48.5 Å². The minimum Gasteiger partial charge on any atom is -0.486 e. The number of urea groups is 1. The van der Waals surface area contributed by atoms with Gasteiger partial charge in [-0.05, 0) is 43.0 Å². The van der Waals surface area contributed by atoms with Gasteiger partial charge in [0.15, 0.2) is 11.5 Å². The van der Waals surface area contributed by atoms with E-state index >= 15 is 0 Å². The SMILES string of the molecule is O=C(N[C@H]1C[C@@H]2C[C@H]1N(C(=O)Nc1ccc3c(c1)OCCO3)C2)c1ccccc1. The lowest BCUT2D eigenvalue weighted by Crippen LogP contribution is -2.53. The van der Waals surface area contributed by atoms with Crippen molar-refractivity contribution in [3.05, 3.63) is 54.1 Å². The zero-order chi connectivity index (χ0) is 19.8. The first-order valence-corrected chi connectivity index (χ1v) is 10.0. The Labute approximate surface area is 169 Å². The number of hydrogen-bond donors (Lipinski definition) is 2. The lowest BCUT2D eigenvalue weighted by Gasteiger charge is -2.33. The van der Waals surface area contributed by atoms with Crippen LogP contribution in [0.2, 0.25) is 0 Å². The van der Waals surface area contributed by atoms with Gasteiger partial charge in [-0.25, -0.2) is 4.79 Å². The Morgan fingerprint density at radius 2 is 1.76 bits per heavy atom. The second kappa shape index (κ2) is 7.31. The van der Waals surface area contributed by atoms with Crippen LogP contribution in [0, 0.1) is 5.92 Å². The van der Waals surface area contributed by atoms with Crippen LogP contribution in [-0.4, -0.2) is 48.7 Å². The molecule has 1 aliphatic carbocycles. The third kappa shape index (κ3) is 3.48. The van der Waals surface area contributed by atoms with Crippen LogP contribution >= 0.6 is 0 Å². The molecule has 2 aromatic carbocycles. The van der Waals surface area contributed by atoms with E-state index in [0.717, 1.165) is 19.4 Å². The lowest BCUT2D eigenvalue weighted by atomic mass is 10.1. The number of piperidine rings is 1. The summed E-state index contributed by atoms with van der Waals surface area (Å²) in [4.78, 5) is 27.3. The van der Waals surface area contributed by atoms with Crippen molar-refractivity contribution in [1.82, 2.24) is 10.2 Å². The molecule has 7 heteroatoms. The fourth-order valence-corrected chi connectivity index (χ4v) is 4.57. The number of rotatable bonds is 3. The maximum atomic E-state index is 12.9. The summed E-state index contributed by atoms with van der Waals surface area (Å²) in [5.74, 6) is 1.67. The third-order valence-electron chi connectivity index (χ3n) is 5.89. The molecule has 5 rings (SSSR count). The second-order valence-electron chi connectivity index (χ2n) is 7.79. The maximum absolute atomic E-state index is 12.9. The zero-order valence-electron chi connectivity index (χ0n) is 16.0. The molecule has 3 amide bonds. The van der Waals surface area contributed by atoms with Crippen LogP contribution < -0.4 is 20.1 Å². The Hall–Kier alpha value is -3.22. The molecule has 0 spiro atoms. The van der Waals surface area contributed by atoms with Gasteiger partial charge in [-0.1, -0.05) is 18.2 Å². The number of fused-ring (bicyclic) bond motifs is 3. The molecule has 1 saturated heterocycles. The van der Waals surface area contributed by atoms with E-state index in [1.165, 1.54) is 0 Å². The van der Waals surface area contributed by atoms with Crippen LogP contribution in [0.3, 0.4) is 0 Å². The van der Waals surface area contributed by atoms with E-state index < -0.39 is 0 Å². The van der Waals surface area contributed by atoms with Crippen molar-refractivity contribution in [1.29, 1.82) is 0 Å². The summed E-state index contributed by atoms with van der Waals surface area (Å²) >= 11 is 0. The molecule has 2 aromatic rings. The van der Waals surface area contributed by atoms with E-state index in [1.807, 2.05) is 35.2 Å². The number of anilines is 1. The van der Waals surface area contributed by atoms with Crippen molar-refractivity contribution in [2.45, 2.75) is 24.9 Å². The Kier molecular flexibility index (Phi) is 4.50. The number of benzene rings is 2. The van der Waals surface area contributed by atoms with E-state index in [-0.39, 0.29) is 24.0 Å². The largest absolute Gasteiger partial charge is 0.486 e. The highest BCUT2D eigenvalue weighted by Crippen LogP contribution is 2.39. The van der Waals surface area contributed by atoms with E-state index in [0.29, 0.717) is 41.9 Å². The molecule has 0 aromatic heterocycles. The van der Waals surface area contributed by atoms with Gasteiger partial charge in [-0.3, -0.25) is 4.79 Å². The average molecular weight is 393 g/mol. The Bertz CT molecular complexity index is 933. The van der Waals surface area contributed by atoms with Gasteiger partial charge >= 0.3 is 6.03 Å². The number of ether oxygens (including phenoxy) is 2. The molecule has 2 N–H and O–H groups in total. The van der Waals surface area contributed by atoms with E-state index in [9.17, 15) is 9.59 Å². The Balaban J connectivity index is 1.25. The van der Waals surface area contributed by atoms with Crippen LogP contribution in [0.4, 0.5) is 10.5 Å². The third-order valence-corrected chi connectivity index (χ3v) is 5.89. The van der Waals surface area contributed by atoms with Crippen molar-refractivity contribution in [3.8, 4) is 11.5 Å². The monoisotopic (exact) mass is 393 g/mol. The van der Waals surface area contributed by atoms with Gasteiger partial charge < -0.3 is 25.0 Å². The first-order chi connectivity index (χ1) is 14.2.